The number of esters is 1. The van der Waals surface area contributed by atoms with E-state index < -0.39 is 24.4 Å². The Labute approximate surface area is 263 Å². The predicted octanol–water partition coefficient (Wildman–Crippen LogP) is 6.01. The van der Waals surface area contributed by atoms with E-state index in [0.29, 0.717) is 30.0 Å². The maximum atomic E-state index is 14.3. The van der Waals surface area contributed by atoms with Crippen molar-refractivity contribution in [2.75, 3.05) is 26.4 Å². The number of rotatable bonds is 10. The van der Waals surface area contributed by atoms with E-state index in [4.69, 9.17) is 13.8 Å². The van der Waals surface area contributed by atoms with Gasteiger partial charge in [0.1, 0.15) is 25.4 Å². The van der Waals surface area contributed by atoms with Crippen LogP contribution in [0.2, 0.25) is 0 Å². The van der Waals surface area contributed by atoms with Gasteiger partial charge in [-0.3, -0.25) is 19.6 Å². The number of hydrogen-bond donors (Lipinski definition) is 2. The van der Waals surface area contributed by atoms with Gasteiger partial charge in [-0.25, -0.2) is 4.79 Å². The molecule has 2 atom stereocenters. The zero-order valence-electron chi connectivity index (χ0n) is 25.9. The molecule has 2 heterocycles. The molecule has 1 fully saturated rings. The molecular weight excluding hydrogens is 593 g/mol. The van der Waals surface area contributed by atoms with Gasteiger partial charge in [0, 0.05) is 34.5 Å². The summed E-state index contributed by atoms with van der Waals surface area (Å²) in [7, 11) is -3.91. The molecule has 0 aromatic heterocycles. The van der Waals surface area contributed by atoms with Gasteiger partial charge in [0.2, 0.25) is 0 Å². The Morgan fingerprint density at radius 3 is 2.29 bits per heavy atom. The van der Waals surface area contributed by atoms with E-state index in [1.807, 2.05) is 62.4 Å². The topological polar surface area (TPSA) is 121 Å². The van der Waals surface area contributed by atoms with E-state index in [2.05, 4.69) is 17.4 Å². The number of carbonyl (C=O) groups excluding carboxylic acids is 1. The van der Waals surface area contributed by atoms with Crippen molar-refractivity contribution in [3.05, 3.63) is 128 Å². The zero-order valence-corrected chi connectivity index (χ0v) is 26.8. The van der Waals surface area contributed by atoms with Crippen molar-refractivity contribution in [2.24, 2.45) is 5.41 Å². The summed E-state index contributed by atoms with van der Waals surface area (Å²) in [4.78, 5) is 26.3. The van der Waals surface area contributed by atoms with E-state index in [0.717, 1.165) is 16.2 Å². The summed E-state index contributed by atoms with van der Waals surface area (Å²) < 4.78 is 32.1. The fourth-order valence-electron chi connectivity index (χ4n) is 5.69. The number of non-ortho nitro benzene ring substituents is 1. The number of nitrogens with one attached hydrogen (secondary N) is 2. The second-order valence-corrected chi connectivity index (χ2v) is 14.2. The molecule has 45 heavy (non-hydrogen) atoms. The Bertz CT molecular complexity index is 1660. The highest BCUT2D eigenvalue weighted by Crippen LogP contribution is 2.66. The molecule has 3 aromatic rings. The molecule has 2 N–H and O–H groups in total. The molecule has 2 unspecified atom stereocenters. The van der Waals surface area contributed by atoms with Gasteiger partial charge in [0.15, 0.2) is 0 Å². The molecule has 1 saturated heterocycles. The Kier molecular flexibility index (Phi) is 9.70. The van der Waals surface area contributed by atoms with Gasteiger partial charge in [0.05, 0.1) is 34.9 Å². The van der Waals surface area contributed by atoms with E-state index in [1.165, 1.54) is 12.1 Å². The first-order chi connectivity index (χ1) is 21.5. The third-order valence-electron chi connectivity index (χ3n) is 7.98. The Balaban J connectivity index is 1.44. The average molecular weight is 633 g/mol. The summed E-state index contributed by atoms with van der Waals surface area (Å²) in [5, 5.41) is 15.2. The highest BCUT2D eigenvalue weighted by Gasteiger charge is 2.48. The monoisotopic (exact) mass is 632 g/mol. The van der Waals surface area contributed by atoms with Gasteiger partial charge in [-0.15, -0.1) is 0 Å². The SMILES string of the molecule is CC1=C(C(=O)OCC[NH+](Cc2ccccc2)c2ccccc2)C(c2cccc([N+](=O)[O-])c2)C(P2(=O)OCC(C)(C)CO2)=C(C)N1. The predicted molar refractivity (Wildman–Crippen MR) is 171 cm³/mol. The number of ether oxygens (including phenoxy) is 1. The Hall–Kier alpha value is -4.08. The number of hydrogen-bond acceptors (Lipinski definition) is 8. The van der Waals surface area contributed by atoms with Crippen molar-refractivity contribution < 1.29 is 33.0 Å². The van der Waals surface area contributed by atoms with Gasteiger partial charge >= 0.3 is 13.6 Å². The van der Waals surface area contributed by atoms with Crippen LogP contribution in [-0.2, 0) is 29.7 Å². The van der Waals surface area contributed by atoms with E-state index in [9.17, 15) is 19.5 Å². The number of dihydropyridines is 1. The maximum absolute atomic E-state index is 14.3. The lowest BCUT2D eigenvalue weighted by atomic mass is 9.86. The second kappa shape index (κ2) is 13.5. The fourth-order valence-corrected chi connectivity index (χ4v) is 8.14. The van der Waals surface area contributed by atoms with Crippen LogP contribution in [0.25, 0.3) is 0 Å². The Morgan fingerprint density at radius 1 is 1.00 bits per heavy atom. The number of benzene rings is 3. The summed E-state index contributed by atoms with van der Waals surface area (Å²) in [6, 6.07) is 26.1. The summed E-state index contributed by atoms with van der Waals surface area (Å²) in [5.74, 6) is -1.56. The highest BCUT2D eigenvalue weighted by molar-refractivity contribution is 7.58. The molecule has 0 bridgehead atoms. The lowest BCUT2D eigenvalue weighted by molar-refractivity contribution is -0.847. The second-order valence-electron chi connectivity index (χ2n) is 12.2. The van der Waals surface area contributed by atoms with E-state index in [1.54, 1.807) is 26.0 Å². The van der Waals surface area contributed by atoms with Crippen LogP contribution >= 0.6 is 7.60 Å². The van der Waals surface area contributed by atoms with Crippen LogP contribution in [0.3, 0.4) is 0 Å². The molecule has 5 rings (SSSR count). The third kappa shape index (κ3) is 7.43. The minimum atomic E-state index is -3.91. The number of nitro benzene ring substituents is 1. The minimum Gasteiger partial charge on any atom is -0.456 e. The number of carbonyl (C=O) groups is 1. The van der Waals surface area contributed by atoms with Crippen LogP contribution in [0.15, 0.2) is 107 Å². The highest BCUT2D eigenvalue weighted by atomic mass is 31.2. The minimum absolute atomic E-state index is 0.102. The molecule has 10 nitrogen and oxygen atoms in total. The molecule has 3 aromatic carbocycles. The molecule has 2 aliphatic heterocycles. The molecule has 236 valence electrons. The lowest BCUT2D eigenvalue weighted by Gasteiger charge is -2.39. The van der Waals surface area contributed by atoms with Crippen LogP contribution in [0.4, 0.5) is 11.4 Å². The van der Waals surface area contributed by atoms with Crippen LogP contribution in [0.1, 0.15) is 44.7 Å². The molecule has 0 radical (unpaired) electrons. The van der Waals surface area contributed by atoms with Gasteiger partial charge in [-0.2, -0.15) is 0 Å². The summed E-state index contributed by atoms with van der Waals surface area (Å²) in [6.45, 7) is 9.03. The zero-order chi connectivity index (χ0) is 32.2. The average Bonchev–Trinajstić information content (AvgIpc) is 3.02. The molecule has 0 saturated carbocycles. The summed E-state index contributed by atoms with van der Waals surface area (Å²) in [6.07, 6.45) is 0. The van der Waals surface area contributed by atoms with Crippen molar-refractivity contribution >= 4 is 24.9 Å². The standard InChI is InChI=1S/C34H38N3O7P/c1-24-30(33(38)42-19-18-36(28-15-9-6-10-16-28)21-26-12-7-5-8-13-26)31(27-14-11-17-29(20-27)37(39)40)32(25(2)35-24)45(41)43-22-34(3,4)23-44-45/h5-17,20,31,35H,18-19,21-23H2,1-4H3/p+1. The smallest absolute Gasteiger partial charge is 0.360 e. The lowest BCUT2D eigenvalue weighted by Crippen LogP contribution is -3.06. The van der Waals surface area contributed by atoms with Gasteiger partial charge in [-0.1, -0.05) is 74.5 Å². The summed E-state index contributed by atoms with van der Waals surface area (Å²) in [5.41, 5.74) is 3.33. The number of allylic oxidation sites excluding steroid dienone is 3. The molecule has 0 spiro atoms. The van der Waals surface area contributed by atoms with Crippen LogP contribution in [0.5, 0.6) is 0 Å². The Morgan fingerprint density at radius 2 is 1.64 bits per heavy atom. The van der Waals surface area contributed by atoms with Crippen LogP contribution in [-0.4, -0.2) is 37.3 Å². The largest absolute Gasteiger partial charge is 0.456 e. The first-order valence-corrected chi connectivity index (χ1v) is 16.5. The molecule has 11 heteroatoms. The number of quaternary nitrogens is 1. The van der Waals surface area contributed by atoms with Crippen molar-refractivity contribution in [3.8, 4) is 0 Å². The normalized spacial score (nSPS) is 19.9. The number of nitrogens with zero attached hydrogens (tertiary/aromatic N) is 1. The summed E-state index contributed by atoms with van der Waals surface area (Å²) >= 11 is 0. The first kappa shape index (κ1) is 32.3. The third-order valence-corrected chi connectivity index (χ3v) is 10.1. The van der Waals surface area contributed by atoms with Crippen molar-refractivity contribution in [1.29, 1.82) is 0 Å². The van der Waals surface area contributed by atoms with Crippen LogP contribution < -0.4 is 10.2 Å². The van der Waals surface area contributed by atoms with Gasteiger partial charge in [0.25, 0.3) is 5.69 Å². The fraction of sp³-hybridized carbons (Fsp3) is 0.324. The number of para-hydroxylation sites is 1. The quantitative estimate of drug-likeness (QED) is 0.121. The van der Waals surface area contributed by atoms with Crippen molar-refractivity contribution in [2.45, 2.75) is 40.2 Å². The van der Waals surface area contributed by atoms with E-state index in [-0.39, 0.29) is 41.8 Å². The molecule has 0 amide bonds. The van der Waals surface area contributed by atoms with Gasteiger partial charge < -0.3 is 19.1 Å². The first-order valence-electron chi connectivity index (χ1n) is 14.9. The van der Waals surface area contributed by atoms with Gasteiger partial charge in [-0.05, 0) is 31.5 Å². The van der Waals surface area contributed by atoms with Crippen molar-refractivity contribution in [3.63, 3.8) is 0 Å². The van der Waals surface area contributed by atoms with E-state index >= 15 is 0 Å². The molecule has 2 aliphatic rings. The number of nitro groups is 1. The molecule has 0 aliphatic carbocycles. The maximum Gasteiger partial charge on any atom is 0.360 e. The molecular formula is C34H39N3O7P+. The van der Waals surface area contributed by atoms with Crippen molar-refractivity contribution in [1.82, 2.24) is 5.32 Å². The van der Waals surface area contributed by atoms with Crippen LogP contribution in [0, 0.1) is 15.5 Å².